The molecule has 0 unspecified atom stereocenters. The van der Waals surface area contributed by atoms with Gasteiger partial charge in [-0.05, 0) is 23.7 Å². The summed E-state index contributed by atoms with van der Waals surface area (Å²) >= 11 is 16.2. The Bertz CT molecular complexity index is 404. The zero-order valence-electron chi connectivity index (χ0n) is 7.30. The predicted molar refractivity (Wildman–Crippen MR) is 58.0 cm³/mol. The van der Waals surface area contributed by atoms with E-state index in [1.807, 2.05) is 0 Å². The minimum atomic E-state index is -0.732. The minimum Gasteiger partial charge on any atom is -0.425 e. The third-order valence-electron chi connectivity index (χ3n) is 1.49. The Balaban J connectivity index is 3.07. The van der Waals surface area contributed by atoms with E-state index in [2.05, 4.69) is 0 Å². The molecule has 0 atom stereocenters. The molecule has 0 amide bonds. The fourth-order valence-corrected chi connectivity index (χ4v) is 1.27. The summed E-state index contributed by atoms with van der Waals surface area (Å²) in [5.74, 6) is -0.992. The number of hydrogen-bond acceptors (Lipinski definition) is 3. The molecular formula is C9H5Cl3O3. The Hall–Kier alpha value is -0.770. The molecule has 0 fully saturated rings. The molecule has 80 valence electrons. The van der Waals surface area contributed by atoms with Gasteiger partial charge in [-0.15, -0.1) is 11.6 Å². The third-order valence-corrected chi connectivity index (χ3v) is 2.15. The number of ether oxygens (including phenoxy) is 1. The summed E-state index contributed by atoms with van der Waals surface area (Å²) in [4.78, 5) is 21.9. The Kier molecular flexibility index (Phi) is 4.39. The summed E-state index contributed by atoms with van der Waals surface area (Å²) in [6.45, 7) is 0. The van der Waals surface area contributed by atoms with Crippen molar-refractivity contribution < 1.29 is 14.3 Å². The fraction of sp³-hybridized carbons (Fsp3) is 0.111. The maximum absolute atomic E-state index is 10.9. The van der Waals surface area contributed by atoms with Crippen molar-refractivity contribution in [3.8, 4) is 5.75 Å². The van der Waals surface area contributed by atoms with Crippen LogP contribution in [0.25, 0.3) is 0 Å². The van der Waals surface area contributed by atoms with Gasteiger partial charge in [0.1, 0.15) is 11.6 Å². The van der Waals surface area contributed by atoms with Gasteiger partial charge in [0.25, 0.3) is 5.24 Å². The first-order valence-electron chi connectivity index (χ1n) is 3.80. The van der Waals surface area contributed by atoms with Crippen molar-refractivity contribution in [2.75, 3.05) is 5.88 Å². The van der Waals surface area contributed by atoms with Gasteiger partial charge in [0.2, 0.25) is 0 Å². The largest absolute Gasteiger partial charge is 0.425 e. The van der Waals surface area contributed by atoms with Crippen LogP contribution in [0, 0.1) is 0 Å². The first-order valence-corrected chi connectivity index (χ1v) is 5.09. The Morgan fingerprint density at radius 2 is 2.00 bits per heavy atom. The number of rotatable bonds is 3. The molecule has 0 aliphatic heterocycles. The van der Waals surface area contributed by atoms with Gasteiger partial charge >= 0.3 is 5.97 Å². The third kappa shape index (κ3) is 3.38. The van der Waals surface area contributed by atoms with Crippen molar-refractivity contribution in [1.82, 2.24) is 0 Å². The molecule has 1 aromatic carbocycles. The Morgan fingerprint density at radius 1 is 1.33 bits per heavy atom. The van der Waals surface area contributed by atoms with Gasteiger partial charge in [0.05, 0.1) is 5.56 Å². The van der Waals surface area contributed by atoms with Crippen LogP contribution in [0.4, 0.5) is 0 Å². The molecule has 1 aromatic rings. The number of carbonyl (C=O) groups is 2. The number of benzene rings is 1. The predicted octanol–water partition coefficient (Wildman–Crippen LogP) is 2.86. The highest BCUT2D eigenvalue weighted by molar-refractivity contribution is 6.68. The molecule has 0 N–H and O–H groups in total. The van der Waals surface area contributed by atoms with Crippen molar-refractivity contribution >= 4 is 46.0 Å². The van der Waals surface area contributed by atoms with E-state index in [0.717, 1.165) is 0 Å². The van der Waals surface area contributed by atoms with Crippen LogP contribution in [-0.4, -0.2) is 17.1 Å². The highest BCUT2D eigenvalue weighted by atomic mass is 35.5. The molecule has 3 nitrogen and oxygen atoms in total. The van der Waals surface area contributed by atoms with E-state index in [4.69, 9.17) is 39.5 Å². The standard InChI is InChI=1S/C9H5Cl3O3/c10-4-8(13)15-7-3-5(11)1-2-6(7)9(12)14/h1-3H,4H2. The van der Waals surface area contributed by atoms with Crippen LogP contribution in [0.3, 0.4) is 0 Å². The van der Waals surface area contributed by atoms with Gasteiger partial charge in [0.15, 0.2) is 0 Å². The molecule has 0 aromatic heterocycles. The lowest BCUT2D eigenvalue weighted by Gasteiger charge is -2.06. The van der Waals surface area contributed by atoms with Crippen LogP contribution in [0.2, 0.25) is 5.02 Å². The molecule has 1 rings (SSSR count). The summed E-state index contributed by atoms with van der Waals surface area (Å²) in [6, 6.07) is 4.16. The van der Waals surface area contributed by atoms with E-state index >= 15 is 0 Å². The van der Waals surface area contributed by atoms with Gasteiger partial charge in [-0.25, -0.2) is 0 Å². The van der Waals surface area contributed by atoms with Crippen molar-refractivity contribution in [3.63, 3.8) is 0 Å². The van der Waals surface area contributed by atoms with Gasteiger partial charge in [-0.3, -0.25) is 9.59 Å². The molecule has 0 radical (unpaired) electrons. The maximum atomic E-state index is 10.9. The second-order valence-electron chi connectivity index (χ2n) is 2.52. The summed E-state index contributed by atoms with van der Waals surface area (Å²) in [5, 5.41) is -0.405. The monoisotopic (exact) mass is 266 g/mol. The van der Waals surface area contributed by atoms with Crippen LogP contribution in [0.15, 0.2) is 18.2 Å². The number of halogens is 3. The SMILES string of the molecule is O=C(CCl)Oc1cc(Cl)ccc1C(=O)Cl. The van der Waals surface area contributed by atoms with E-state index in [-0.39, 0.29) is 17.2 Å². The van der Waals surface area contributed by atoms with E-state index in [0.29, 0.717) is 5.02 Å². The molecule has 15 heavy (non-hydrogen) atoms. The molecule has 0 saturated carbocycles. The minimum absolute atomic E-state index is 0.00755. The summed E-state index contributed by atoms with van der Waals surface area (Å²) in [5.41, 5.74) is 0.0690. The van der Waals surface area contributed by atoms with Gasteiger partial charge < -0.3 is 4.74 Å². The molecular weight excluding hydrogens is 262 g/mol. The second kappa shape index (κ2) is 5.35. The summed E-state index contributed by atoms with van der Waals surface area (Å²) in [6.07, 6.45) is 0. The number of carbonyl (C=O) groups excluding carboxylic acids is 2. The van der Waals surface area contributed by atoms with E-state index in [1.54, 1.807) is 0 Å². The first kappa shape index (κ1) is 12.3. The van der Waals surface area contributed by atoms with E-state index in [9.17, 15) is 9.59 Å². The lowest BCUT2D eigenvalue weighted by molar-refractivity contribution is -0.131. The topological polar surface area (TPSA) is 43.4 Å². The zero-order chi connectivity index (χ0) is 11.4. The average molecular weight is 267 g/mol. The van der Waals surface area contributed by atoms with Crippen LogP contribution in [0.5, 0.6) is 5.75 Å². The first-order chi connectivity index (χ1) is 7.04. The van der Waals surface area contributed by atoms with E-state index in [1.165, 1.54) is 18.2 Å². The fourth-order valence-electron chi connectivity index (χ4n) is 0.893. The van der Waals surface area contributed by atoms with Crippen LogP contribution in [0.1, 0.15) is 10.4 Å². The Morgan fingerprint density at radius 3 is 2.53 bits per heavy atom. The lowest BCUT2D eigenvalue weighted by Crippen LogP contribution is -2.11. The summed E-state index contributed by atoms with van der Waals surface area (Å²) in [7, 11) is 0. The number of alkyl halides is 1. The number of esters is 1. The van der Waals surface area contributed by atoms with Crippen LogP contribution < -0.4 is 4.74 Å². The van der Waals surface area contributed by atoms with Gasteiger partial charge in [-0.2, -0.15) is 0 Å². The van der Waals surface area contributed by atoms with Crippen molar-refractivity contribution in [1.29, 1.82) is 0 Å². The molecule has 0 spiro atoms. The average Bonchev–Trinajstić information content (AvgIpc) is 2.17. The van der Waals surface area contributed by atoms with Crippen molar-refractivity contribution in [2.45, 2.75) is 0 Å². The maximum Gasteiger partial charge on any atom is 0.326 e. The highest BCUT2D eigenvalue weighted by Crippen LogP contribution is 2.25. The van der Waals surface area contributed by atoms with Crippen molar-refractivity contribution in [2.24, 2.45) is 0 Å². The van der Waals surface area contributed by atoms with Gasteiger partial charge in [-0.1, -0.05) is 11.6 Å². The smallest absolute Gasteiger partial charge is 0.326 e. The van der Waals surface area contributed by atoms with E-state index < -0.39 is 11.2 Å². The lowest BCUT2D eigenvalue weighted by atomic mass is 10.2. The van der Waals surface area contributed by atoms with Crippen molar-refractivity contribution in [3.05, 3.63) is 28.8 Å². The summed E-state index contributed by atoms with van der Waals surface area (Å²) < 4.78 is 4.78. The normalized spacial score (nSPS) is 9.80. The second-order valence-corrected chi connectivity index (χ2v) is 3.57. The van der Waals surface area contributed by atoms with Crippen LogP contribution >= 0.6 is 34.8 Å². The van der Waals surface area contributed by atoms with Gasteiger partial charge in [0, 0.05) is 11.1 Å². The van der Waals surface area contributed by atoms with Crippen LogP contribution in [-0.2, 0) is 4.79 Å². The quantitative estimate of drug-likeness (QED) is 0.366. The molecule has 0 heterocycles. The molecule has 0 aliphatic carbocycles. The number of hydrogen-bond donors (Lipinski definition) is 0. The zero-order valence-corrected chi connectivity index (χ0v) is 9.57. The molecule has 0 bridgehead atoms. The highest BCUT2D eigenvalue weighted by Gasteiger charge is 2.13. The molecule has 0 saturated heterocycles. The molecule has 0 aliphatic rings. The Labute approximate surface area is 101 Å². The molecule has 6 heteroatoms.